The standard InChI is InChI=1S/C18H21N5O2/c1-10(2)23-17-14(8-19-23)13(7-15(20-17)11-3-4-11)18-21-16(22-25-18)12-5-6-24-9-12/h7-8,10-12H,3-6,9H2,1-2H3/t12-/m0/s1. The van der Waals surface area contributed by atoms with Crippen LogP contribution < -0.4 is 0 Å². The molecule has 0 bridgehead atoms. The molecule has 130 valence electrons. The monoisotopic (exact) mass is 339 g/mol. The van der Waals surface area contributed by atoms with Crippen LogP contribution in [0.3, 0.4) is 0 Å². The number of nitrogens with zero attached hydrogens (tertiary/aromatic N) is 5. The van der Waals surface area contributed by atoms with E-state index in [0.29, 0.717) is 18.4 Å². The molecule has 1 saturated heterocycles. The minimum absolute atomic E-state index is 0.233. The van der Waals surface area contributed by atoms with Crippen LogP contribution in [-0.2, 0) is 4.74 Å². The molecule has 1 aliphatic carbocycles. The predicted octanol–water partition coefficient (Wildman–Crippen LogP) is 3.44. The molecule has 7 nitrogen and oxygen atoms in total. The molecule has 0 radical (unpaired) electrons. The normalized spacial score (nSPS) is 20.8. The molecule has 3 aromatic rings. The van der Waals surface area contributed by atoms with Gasteiger partial charge in [0.2, 0.25) is 0 Å². The van der Waals surface area contributed by atoms with E-state index in [1.165, 1.54) is 12.8 Å². The molecule has 0 aromatic carbocycles. The van der Waals surface area contributed by atoms with Crippen LogP contribution in [-0.4, -0.2) is 38.1 Å². The van der Waals surface area contributed by atoms with Crippen LogP contribution >= 0.6 is 0 Å². The average molecular weight is 339 g/mol. The highest BCUT2D eigenvalue weighted by molar-refractivity contribution is 5.90. The van der Waals surface area contributed by atoms with Crippen LogP contribution in [0.2, 0.25) is 0 Å². The van der Waals surface area contributed by atoms with Gasteiger partial charge in [0, 0.05) is 30.2 Å². The van der Waals surface area contributed by atoms with Gasteiger partial charge in [0.25, 0.3) is 5.89 Å². The van der Waals surface area contributed by atoms with Gasteiger partial charge in [-0.15, -0.1) is 0 Å². The van der Waals surface area contributed by atoms with Gasteiger partial charge in [0.05, 0.1) is 23.8 Å². The summed E-state index contributed by atoms with van der Waals surface area (Å²) in [5.74, 6) is 2.07. The fourth-order valence-corrected chi connectivity index (χ4v) is 3.43. The minimum atomic E-state index is 0.233. The van der Waals surface area contributed by atoms with Gasteiger partial charge in [-0.3, -0.25) is 0 Å². The van der Waals surface area contributed by atoms with E-state index in [1.807, 2.05) is 10.9 Å². The van der Waals surface area contributed by atoms with Gasteiger partial charge in [-0.05, 0) is 39.2 Å². The summed E-state index contributed by atoms with van der Waals surface area (Å²) in [6, 6.07) is 2.36. The first-order chi connectivity index (χ1) is 12.2. The molecule has 0 spiro atoms. The quantitative estimate of drug-likeness (QED) is 0.724. The Kier molecular flexibility index (Phi) is 3.38. The lowest BCUT2D eigenvalue weighted by Gasteiger charge is -2.08. The Labute approximate surface area is 145 Å². The van der Waals surface area contributed by atoms with Gasteiger partial charge in [0.1, 0.15) is 0 Å². The van der Waals surface area contributed by atoms with E-state index >= 15 is 0 Å². The summed E-state index contributed by atoms with van der Waals surface area (Å²) in [6.45, 7) is 5.66. The third-order valence-corrected chi connectivity index (χ3v) is 5.04. The Morgan fingerprint density at radius 3 is 2.76 bits per heavy atom. The smallest absolute Gasteiger partial charge is 0.258 e. The molecular formula is C18H21N5O2. The molecule has 7 heteroatoms. The number of aromatic nitrogens is 5. The van der Waals surface area contributed by atoms with Crippen molar-refractivity contribution in [3.8, 4) is 11.5 Å². The molecule has 0 unspecified atom stereocenters. The molecule has 1 aliphatic heterocycles. The Hall–Kier alpha value is -2.28. The van der Waals surface area contributed by atoms with Gasteiger partial charge < -0.3 is 9.26 Å². The number of fused-ring (bicyclic) bond motifs is 1. The Bertz CT molecular complexity index is 919. The highest BCUT2D eigenvalue weighted by Crippen LogP contribution is 2.42. The fourth-order valence-electron chi connectivity index (χ4n) is 3.43. The molecule has 2 fully saturated rings. The lowest BCUT2D eigenvalue weighted by Crippen LogP contribution is -2.04. The summed E-state index contributed by atoms with van der Waals surface area (Å²) in [4.78, 5) is 9.54. The molecule has 0 amide bonds. The van der Waals surface area contributed by atoms with Crippen molar-refractivity contribution in [3.63, 3.8) is 0 Å². The summed E-state index contributed by atoms with van der Waals surface area (Å²) < 4.78 is 13.0. The van der Waals surface area contributed by atoms with Crippen molar-refractivity contribution in [3.05, 3.63) is 23.8 Å². The molecule has 25 heavy (non-hydrogen) atoms. The van der Waals surface area contributed by atoms with Crippen molar-refractivity contribution in [1.29, 1.82) is 0 Å². The number of hydrogen-bond acceptors (Lipinski definition) is 6. The summed E-state index contributed by atoms with van der Waals surface area (Å²) in [6.07, 6.45) is 5.20. The third-order valence-electron chi connectivity index (χ3n) is 5.04. The van der Waals surface area contributed by atoms with E-state index < -0.39 is 0 Å². The topological polar surface area (TPSA) is 78.9 Å². The van der Waals surface area contributed by atoms with Crippen LogP contribution in [0, 0.1) is 0 Å². The Morgan fingerprint density at radius 2 is 2.04 bits per heavy atom. The zero-order valence-electron chi connectivity index (χ0n) is 14.5. The summed E-state index contributed by atoms with van der Waals surface area (Å²) in [7, 11) is 0. The van der Waals surface area contributed by atoms with Gasteiger partial charge in [-0.25, -0.2) is 9.67 Å². The first-order valence-electron chi connectivity index (χ1n) is 9.00. The Balaban J connectivity index is 1.64. The highest BCUT2D eigenvalue weighted by atomic mass is 16.5. The SMILES string of the molecule is CC(C)n1ncc2c(-c3nc([C@H]4CCOC4)no3)cc(C3CC3)nc21. The van der Waals surface area contributed by atoms with Gasteiger partial charge >= 0.3 is 0 Å². The molecule has 5 rings (SSSR count). The largest absolute Gasteiger partial charge is 0.381 e. The molecular weight excluding hydrogens is 318 g/mol. The first-order valence-corrected chi connectivity index (χ1v) is 9.00. The van der Waals surface area contributed by atoms with Crippen LogP contribution in [0.5, 0.6) is 0 Å². The van der Waals surface area contributed by atoms with Crippen molar-refractivity contribution < 1.29 is 9.26 Å². The van der Waals surface area contributed by atoms with E-state index in [2.05, 4.69) is 35.2 Å². The van der Waals surface area contributed by atoms with Gasteiger partial charge in [-0.1, -0.05) is 5.16 Å². The van der Waals surface area contributed by atoms with E-state index in [9.17, 15) is 0 Å². The van der Waals surface area contributed by atoms with Crippen molar-refractivity contribution in [2.24, 2.45) is 0 Å². The zero-order chi connectivity index (χ0) is 17.0. The number of ether oxygens (including phenoxy) is 1. The molecule has 1 atom stereocenters. The first kappa shape index (κ1) is 15.0. The van der Waals surface area contributed by atoms with Gasteiger partial charge in [0.15, 0.2) is 11.5 Å². The molecule has 0 N–H and O–H groups in total. The van der Waals surface area contributed by atoms with Crippen LogP contribution in [0.25, 0.3) is 22.5 Å². The van der Waals surface area contributed by atoms with Crippen LogP contribution in [0.1, 0.15) is 62.5 Å². The van der Waals surface area contributed by atoms with Crippen molar-refractivity contribution in [1.82, 2.24) is 24.9 Å². The number of hydrogen-bond donors (Lipinski definition) is 0. The lowest BCUT2D eigenvalue weighted by molar-refractivity contribution is 0.192. The predicted molar refractivity (Wildman–Crippen MR) is 91.4 cm³/mol. The highest BCUT2D eigenvalue weighted by Gasteiger charge is 2.29. The second kappa shape index (κ2) is 5.62. The van der Waals surface area contributed by atoms with Crippen LogP contribution in [0.4, 0.5) is 0 Å². The van der Waals surface area contributed by atoms with Crippen molar-refractivity contribution in [2.45, 2.75) is 51.0 Å². The maximum Gasteiger partial charge on any atom is 0.258 e. The van der Waals surface area contributed by atoms with E-state index in [1.54, 1.807) is 0 Å². The summed E-state index contributed by atoms with van der Waals surface area (Å²) in [5, 5.41) is 9.70. The minimum Gasteiger partial charge on any atom is -0.381 e. The van der Waals surface area contributed by atoms with E-state index in [4.69, 9.17) is 14.2 Å². The van der Waals surface area contributed by atoms with Crippen molar-refractivity contribution >= 4 is 11.0 Å². The van der Waals surface area contributed by atoms with Crippen LogP contribution in [0.15, 0.2) is 16.8 Å². The average Bonchev–Trinajstić information content (AvgIpc) is 3.05. The molecule has 2 aliphatic rings. The molecule has 3 aromatic heterocycles. The number of pyridine rings is 1. The van der Waals surface area contributed by atoms with E-state index in [0.717, 1.165) is 41.1 Å². The third kappa shape index (κ3) is 2.54. The summed E-state index contributed by atoms with van der Waals surface area (Å²) in [5.41, 5.74) is 2.95. The lowest BCUT2D eigenvalue weighted by atomic mass is 10.1. The maximum atomic E-state index is 5.61. The summed E-state index contributed by atoms with van der Waals surface area (Å²) >= 11 is 0. The second-order valence-electron chi connectivity index (χ2n) is 7.31. The molecule has 1 saturated carbocycles. The van der Waals surface area contributed by atoms with E-state index in [-0.39, 0.29) is 12.0 Å². The Morgan fingerprint density at radius 1 is 1.16 bits per heavy atom. The molecule has 4 heterocycles. The second-order valence-corrected chi connectivity index (χ2v) is 7.31. The van der Waals surface area contributed by atoms with Gasteiger partial charge in [-0.2, -0.15) is 10.1 Å². The maximum absolute atomic E-state index is 5.61. The van der Waals surface area contributed by atoms with Crippen molar-refractivity contribution in [2.75, 3.05) is 13.2 Å². The zero-order valence-corrected chi connectivity index (χ0v) is 14.5. The fraction of sp³-hybridized carbons (Fsp3) is 0.556. The number of rotatable bonds is 4.